The number of alkyl halides is 3. The van der Waals surface area contributed by atoms with Crippen LogP contribution in [0.4, 0.5) is 18.0 Å². The molecule has 5 nitrogen and oxygen atoms in total. The number of amides is 3. The van der Waals surface area contributed by atoms with Crippen LogP contribution in [0.25, 0.3) is 0 Å². The van der Waals surface area contributed by atoms with Crippen molar-refractivity contribution >= 4 is 11.9 Å². The van der Waals surface area contributed by atoms with E-state index in [9.17, 15) is 22.8 Å². The zero-order chi connectivity index (χ0) is 14.3. The average Bonchev–Trinajstić information content (AvgIpc) is 3.06. The smallest absolute Gasteiger partial charge is 0.316 e. The lowest BCUT2D eigenvalue weighted by Gasteiger charge is -2.24. The summed E-state index contributed by atoms with van der Waals surface area (Å²) in [5.74, 6) is -1.23. The summed E-state index contributed by atoms with van der Waals surface area (Å²) in [6, 6.07) is -0.486. The van der Waals surface area contributed by atoms with E-state index in [1.54, 1.807) is 5.32 Å². The van der Waals surface area contributed by atoms with E-state index in [1.165, 1.54) is 0 Å². The molecule has 19 heavy (non-hydrogen) atoms. The van der Waals surface area contributed by atoms with Crippen molar-refractivity contribution in [2.45, 2.75) is 43.9 Å². The summed E-state index contributed by atoms with van der Waals surface area (Å²) in [7, 11) is 0. The maximum absolute atomic E-state index is 12.8. The highest BCUT2D eigenvalue weighted by Gasteiger charge is 2.64. The molecule has 2 rings (SSSR count). The molecule has 0 radical (unpaired) electrons. The van der Waals surface area contributed by atoms with Crippen LogP contribution < -0.4 is 10.6 Å². The molecule has 1 aliphatic heterocycles. The monoisotopic (exact) mass is 279 g/mol. The zero-order valence-electron chi connectivity index (χ0n) is 10.5. The first-order valence-electron chi connectivity index (χ1n) is 6.20. The Kier molecular flexibility index (Phi) is 3.46. The topological polar surface area (TPSA) is 61.4 Å². The number of urea groups is 1. The molecule has 1 saturated heterocycles. The van der Waals surface area contributed by atoms with E-state index < -0.39 is 23.7 Å². The van der Waals surface area contributed by atoms with Gasteiger partial charge in [-0.15, -0.1) is 0 Å². The predicted octanol–water partition coefficient (Wildman–Crippen LogP) is 1.00. The maximum atomic E-state index is 12.8. The van der Waals surface area contributed by atoms with Crippen molar-refractivity contribution < 1.29 is 22.8 Å². The molecule has 1 aliphatic carbocycles. The first-order valence-corrected chi connectivity index (χ1v) is 6.20. The Morgan fingerprint density at radius 3 is 2.53 bits per heavy atom. The van der Waals surface area contributed by atoms with Crippen LogP contribution in [0.1, 0.15) is 26.2 Å². The fraction of sp³-hybridized carbons (Fsp3) is 0.818. The van der Waals surface area contributed by atoms with Crippen LogP contribution in [0.15, 0.2) is 0 Å². The van der Waals surface area contributed by atoms with Crippen molar-refractivity contribution in [1.82, 2.24) is 15.5 Å². The molecule has 2 aliphatic rings. The highest BCUT2D eigenvalue weighted by atomic mass is 19.4. The highest BCUT2D eigenvalue weighted by Crippen LogP contribution is 2.35. The zero-order valence-corrected chi connectivity index (χ0v) is 10.5. The molecule has 8 heteroatoms. The van der Waals surface area contributed by atoms with E-state index in [1.807, 2.05) is 0 Å². The second-order valence-corrected chi connectivity index (χ2v) is 5.09. The van der Waals surface area contributed by atoms with Gasteiger partial charge in [-0.1, -0.05) is 0 Å². The molecule has 2 fully saturated rings. The standard InChI is InChI=1S/C11H16F3N3O2/c1-10(11(12,13)14)8(18)17(9(19)16-10)6-2-5-15-7-3-4-7/h7,15H,2-6H2,1H3,(H,16,19). The third-order valence-electron chi connectivity index (χ3n) is 3.41. The van der Waals surface area contributed by atoms with Gasteiger partial charge in [0, 0.05) is 12.6 Å². The van der Waals surface area contributed by atoms with Gasteiger partial charge < -0.3 is 10.6 Å². The van der Waals surface area contributed by atoms with Gasteiger partial charge in [0.2, 0.25) is 5.54 Å². The Hall–Kier alpha value is -1.31. The van der Waals surface area contributed by atoms with Crippen molar-refractivity contribution in [3.63, 3.8) is 0 Å². The molecule has 0 spiro atoms. The minimum absolute atomic E-state index is 0.00391. The van der Waals surface area contributed by atoms with Crippen LogP contribution in [0, 0.1) is 0 Å². The van der Waals surface area contributed by atoms with Crippen molar-refractivity contribution in [2.75, 3.05) is 13.1 Å². The Morgan fingerprint density at radius 2 is 2.05 bits per heavy atom. The molecular formula is C11H16F3N3O2. The normalized spacial score (nSPS) is 27.9. The van der Waals surface area contributed by atoms with Gasteiger partial charge in [0.05, 0.1) is 0 Å². The number of halogens is 3. The fourth-order valence-electron chi connectivity index (χ4n) is 1.92. The molecule has 1 heterocycles. The van der Waals surface area contributed by atoms with Crippen LogP contribution in [0.3, 0.4) is 0 Å². The van der Waals surface area contributed by atoms with E-state index in [0.717, 1.165) is 12.8 Å². The number of hydrogen-bond acceptors (Lipinski definition) is 3. The molecule has 1 unspecified atom stereocenters. The summed E-state index contributed by atoms with van der Waals surface area (Å²) in [6.07, 6.45) is -2.13. The van der Waals surface area contributed by atoms with Gasteiger partial charge in [0.15, 0.2) is 0 Å². The molecule has 2 N–H and O–H groups in total. The number of imide groups is 1. The van der Waals surface area contributed by atoms with Gasteiger partial charge in [-0.05, 0) is 32.7 Å². The van der Waals surface area contributed by atoms with Crippen molar-refractivity contribution in [3.05, 3.63) is 0 Å². The fourth-order valence-corrected chi connectivity index (χ4v) is 1.92. The van der Waals surface area contributed by atoms with Crippen molar-refractivity contribution in [1.29, 1.82) is 0 Å². The summed E-state index contributed by atoms with van der Waals surface area (Å²) in [5.41, 5.74) is -2.80. The third kappa shape index (κ3) is 2.68. The number of nitrogens with zero attached hydrogens (tertiary/aromatic N) is 1. The number of rotatable bonds is 5. The van der Waals surface area contributed by atoms with E-state index in [2.05, 4.69) is 5.32 Å². The van der Waals surface area contributed by atoms with Crippen LogP contribution in [0.2, 0.25) is 0 Å². The molecule has 1 atom stereocenters. The second-order valence-electron chi connectivity index (χ2n) is 5.09. The molecule has 0 aromatic rings. The SMILES string of the molecule is CC1(C(F)(F)F)NC(=O)N(CCCNC2CC2)C1=O. The van der Waals surface area contributed by atoms with Crippen molar-refractivity contribution in [3.8, 4) is 0 Å². The van der Waals surface area contributed by atoms with E-state index in [4.69, 9.17) is 0 Å². The first-order chi connectivity index (χ1) is 8.75. The lowest BCUT2D eigenvalue weighted by Crippen LogP contribution is -2.56. The van der Waals surface area contributed by atoms with Crippen LogP contribution >= 0.6 is 0 Å². The Balaban J connectivity index is 1.90. The van der Waals surface area contributed by atoms with Gasteiger partial charge in [-0.2, -0.15) is 13.2 Å². The molecule has 0 aromatic carbocycles. The lowest BCUT2D eigenvalue weighted by molar-refractivity contribution is -0.191. The van der Waals surface area contributed by atoms with Crippen LogP contribution in [0.5, 0.6) is 0 Å². The summed E-state index contributed by atoms with van der Waals surface area (Å²) in [4.78, 5) is 23.8. The molecule has 108 valence electrons. The lowest BCUT2D eigenvalue weighted by atomic mass is 10.0. The molecular weight excluding hydrogens is 263 g/mol. The Bertz CT molecular complexity index is 395. The second kappa shape index (κ2) is 4.66. The quantitative estimate of drug-likeness (QED) is 0.583. The molecule has 0 bridgehead atoms. The number of carbonyl (C=O) groups excluding carboxylic acids is 2. The van der Waals surface area contributed by atoms with E-state index in [0.29, 0.717) is 30.8 Å². The van der Waals surface area contributed by atoms with Gasteiger partial charge in [-0.3, -0.25) is 9.69 Å². The molecule has 1 saturated carbocycles. The Morgan fingerprint density at radius 1 is 1.42 bits per heavy atom. The average molecular weight is 279 g/mol. The third-order valence-corrected chi connectivity index (χ3v) is 3.41. The largest absolute Gasteiger partial charge is 0.420 e. The minimum atomic E-state index is -4.79. The van der Waals surface area contributed by atoms with E-state index in [-0.39, 0.29) is 6.54 Å². The molecule has 0 aromatic heterocycles. The summed E-state index contributed by atoms with van der Waals surface area (Å²) in [6.45, 7) is 1.27. The number of carbonyl (C=O) groups is 2. The van der Waals surface area contributed by atoms with Crippen LogP contribution in [-0.4, -0.2) is 47.7 Å². The molecule has 3 amide bonds. The van der Waals surface area contributed by atoms with Gasteiger partial charge >= 0.3 is 12.2 Å². The van der Waals surface area contributed by atoms with Gasteiger partial charge in [-0.25, -0.2) is 4.79 Å². The van der Waals surface area contributed by atoms with Gasteiger partial charge in [0.1, 0.15) is 0 Å². The highest BCUT2D eigenvalue weighted by molar-refractivity contribution is 6.07. The minimum Gasteiger partial charge on any atom is -0.316 e. The van der Waals surface area contributed by atoms with Gasteiger partial charge in [0.25, 0.3) is 5.91 Å². The van der Waals surface area contributed by atoms with E-state index >= 15 is 0 Å². The maximum Gasteiger partial charge on any atom is 0.420 e. The number of hydrogen-bond donors (Lipinski definition) is 2. The summed E-state index contributed by atoms with van der Waals surface area (Å²) >= 11 is 0. The summed E-state index contributed by atoms with van der Waals surface area (Å²) < 4.78 is 38.3. The van der Waals surface area contributed by atoms with Crippen molar-refractivity contribution in [2.24, 2.45) is 0 Å². The van der Waals surface area contributed by atoms with Crippen LogP contribution in [-0.2, 0) is 4.79 Å². The number of nitrogens with one attached hydrogen (secondary N) is 2. The Labute approximate surface area is 108 Å². The first kappa shape index (κ1) is 14.1. The summed E-state index contributed by atoms with van der Waals surface area (Å²) in [5, 5.41) is 4.89. The predicted molar refractivity (Wildman–Crippen MR) is 60.3 cm³/mol.